The first-order chi connectivity index (χ1) is 11.4. The summed E-state index contributed by atoms with van der Waals surface area (Å²) < 4.78 is 45.2. The number of aryl methyl sites for hydroxylation is 1. The Hall–Kier alpha value is -2.60. The van der Waals surface area contributed by atoms with Gasteiger partial charge < -0.3 is 4.74 Å². The van der Waals surface area contributed by atoms with Crippen LogP contribution in [0, 0.1) is 12.9 Å². The SMILES string of the molecule is COc1ccc(-c2cc(F)n(S(=O)(=O)c3ccc(C)cc3)c2)cc1. The summed E-state index contributed by atoms with van der Waals surface area (Å²) >= 11 is 0. The van der Waals surface area contributed by atoms with Crippen LogP contribution in [-0.2, 0) is 10.0 Å². The number of benzene rings is 2. The van der Waals surface area contributed by atoms with Gasteiger partial charge in [-0.3, -0.25) is 0 Å². The van der Waals surface area contributed by atoms with E-state index < -0.39 is 16.0 Å². The first-order valence-corrected chi connectivity index (χ1v) is 8.70. The Morgan fingerprint density at radius 1 is 0.958 bits per heavy atom. The van der Waals surface area contributed by atoms with E-state index in [4.69, 9.17) is 4.74 Å². The fourth-order valence-corrected chi connectivity index (χ4v) is 3.61. The molecule has 0 aliphatic carbocycles. The Labute approximate surface area is 140 Å². The average Bonchev–Trinajstić information content (AvgIpc) is 2.98. The monoisotopic (exact) mass is 345 g/mol. The fourth-order valence-electron chi connectivity index (χ4n) is 2.37. The van der Waals surface area contributed by atoms with Gasteiger partial charge in [0.25, 0.3) is 10.0 Å². The maximum atomic E-state index is 14.3. The van der Waals surface area contributed by atoms with Gasteiger partial charge in [-0.2, -0.15) is 4.39 Å². The lowest BCUT2D eigenvalue weighted by Gasteiger charge is -2.06. The van der Waals surface area contributed by atoms with E-state index in [9.17, 15) is 12.8 Å². The Kier molecular flexibility index (Phi) is 4.15. The zero-order valence-corrected chi connectivity index (χ0v) is 14.0. The summed E-state index contributed by atoms with van der Waals surface area (Å²) in [4.78, 5) is 0.0453. The highest BCUT2D eigenvalue weighted by molar-refractivity contribution is 7.90. The van der Waals surface area contributed by atoms with Crippen molar-refractivity contribution in [1.82, 2.24) is 3.97 Å². The van der Waals surface area contributed by atoms with Crippen LogP contribution in [0.5, 0.6) is 5.75 Å². The largest absolute Gasteiger partial charge is 0.497 e. The van der Waals surface area contributed by atoms with E-state index in [1.54, 1.807) is 43.5 Å². The lowest BCUT2D eigenvalue weighted by Crippen LogP contribution is -2.13. The van der Waals surface area contributed by atoms with Crippen LogP contribution < -0.4 is 4.74 Å². The number of aromatic nitrogens is 1. The molecule has 0 saturated heterocycles. The number of rotatable bonds is 4. The average molecular weight is 345 g/mol. The molecule has 0 bridgehead atoms. The third-order valence-electron chi connectivity index (χ3n) is 3.74. The van der Waals surface area contributed by atoms with Gasteiger partial charge in [-0.1, -0.05) is 29.8 Å². The number of methoxy groups -OCH3 is 1. The molecule has 0 atom stereocenters. The van der Waals surface area contributed by atoms with Gasteiger partial charge in [-0.25, -0.2) is 12.4 Å². The van der Waals surface area contributed by atoms with Crippen molar-refractivity contribution in [3.63, 3.8) is 0 Å². The molecule has 0 saturated carbocycles. The van der Waals surface area contributed by atoms with Crippen LogP contribution in [0.3, 0.4) is 0 Å². The van der Waals surface area contributed by atoms with Crippen molar-refractivity contribution in [3.05, 3.63) is 72.3 Å². The van der Waals surface area contributed by atoms with Crippen LogP contribution >= 0.6 is 0 Å². The second-order valence-corrected chi connectivity index (χ2v) is 7.21. The lowest BCUT2D eigenvalue weighted by atomic mass is 10.1. The van der Waals surface area contributed by atoms with Crippen molar-refractivity contribution < 1.29 is 17.5 Å². The van der Waals surface area contributed by atoms with Gasteiger partial charge in [0, 0.05) is 17.8 Å². The first kappa shape index (κ1) is 16.3. The molecule has 1 heterocycles. The molecule has 1 aromatic heterocycles. The second-order valence-electron chi connectivity index (χ2n) is 5.39. The molecule has 6 heteroatoms. The number of hydrogen-bond donors (Lipinski definition) is 0. The van der Waals surface area contributed by atoms with Gasteiger partial charge in [-0.15, -0.1) is 0 Å². The highest BCUT2D eigenvalue weighted by atomic mass is 32.2. The summed E-state index contributed by atoms with van der Waals surface area (Å²) in [5.74, 6) is -0.160. The summed E-state index contributed by atoms with van der Waals surface area (Å²) in [6.07, 6.45) is 1.28. The van der Waals surface area contributed by atoms with E-state index in [-0.39, 0.29) is 4.90 Å². The minimum atomic E-state index is -3.97. The predicted octanol–water partition coefficient (Wildman–Crippen LogP) is 3.85. The highest BCUT2D eigenvalue weighted by Gasteiger charge is 2.21. The molecular formula is C18H16FNO3S. The number of halogens is 1. The first-order valence-electron chi connectivity index (χ1n) is 7.26. The van der Waals surface area contributed by atoms with Crippen molar-refractivity contribution in [2.45, 2.75) is 11.8 Å². The number of nitrogens with zero attached hydrogens (tertiary/aromatic N) is 1. The molecule has 3 aromatic rings. The van der Waals surface area contributed by atoms with Crippen molar-refractivity contribution in [1.29, 1.82) is 0 Å². The van der Waals surface area contributed by atoms with Gasteiger partial charge in [0.15, 0.2) is 0 Å². The van der Waals surface area contributed by atoms with Gasteiger partial charge in [0.2, 0.25) is 5.95 Å². The van der Waals surface area contributed by atoms with Crippen LogP contribution in [0.25, 0.3) is 11.1 Å². The molecule has 0 amide bonds. The molecule has 0 spiro atoms. The molecular weight excluding hydrogens is 329 g/mol. The summed E-state index contributed by atoms with van der Waals surface area (Å²) in [7, 11) is -2.41. The number of hydrogen-bond acceptors (Lipinski definition) is 3. The van der Waals surface area contributed by atoms with E-state index in [0.29, 0.717) is 20.8 Å². The lowest BCUT2D eigenvalue weighted by molar-refractivity contribution is 0.415. The maximum Gasteiger partial charge on any atom is 0.269 e. The molecule has 124 valence electrons. The van der Waals surface area contributed by atoms with Crippen LogP contribution in [0.1, 0.15) is 5.56 Å². The molecule has 0 fully saturated rings. The smallest absolute Gasteiger partial charge is 0.269 e. The van der Waals surface area contributed by atoms with Crippen molar-refractivity contribution in [2.75, 3.05) is 7.11 Å². The molecule has 4 nitrogen and oxygen atoms in total. The van der Waals surface area contributed by atoms with E-state index >= 15 is 0 Å². The zero-order chi connectivity index (χ0) is 17.3. The van der Waals surface area contributed by atoms with Crippen LogP contribution in [0.4, 0.5) is 4.39 Å². The molecule has 24 heavy (non-hydrogen) atoms. The normalized spacial score (nSPS) is 11.5. The molecule has 0 unspecified atom stereocenters. The second kappa shape index (κ2) is 6.13. The van der Waals surface area contributed by atoms with Crippen molar-refractivity contribution >= 4 is 10.0 Å². The summed E-state index contributed by atoms with van der Waals surface area (Å²) in [6.45, 7) is 1.86. The van der Waals surface area contributed by atoms with Crippen LogP contribution in [-0.4, -0.2) is 19.5 Å². The Bertz CT molecular complexity index is 959. The molecule has 0 radical (unpaired) electrons. The minimum Gasteiger partial charge on any atom is -0.497 e. The third-order valence-corrected chi connectivity index (χ3v) is 5.41. The van der Waals surface area contributed by atoms with Gasteiger partial charge in [-0.05, 0) is 36.8 Å². The van der Waals surface area contributed by atoms with Gasteiger partial charge in [0.1, 0.15) is 5.75 Å². The molecule has 0 aliphatic heterocycles. The van der Waals surface area contributed by atoms with E-state index in [0.717, 1.165) is 5.56 Å². The minimum absolute atomic E-state index is 0.0453. The molecule has 0 aliphatic rings. The van der Waals surface area contributed by atoms with Gasteiger partial charge >= 0.3 is 0 Å². The molecule has 0 N–H and O–H groups in total. The van der Waals surface area contributed by atoms with Crippen LogP contribution in [0.2, 0.25) is 0 Å². The third kappa shape index (κ3) is 2.92. The van der Waals surface area contributed by atoms with E-state index in [1.807, 2.05) is 6.92 Å². The van der Waals surface area contributed by atoms with Gasteiger partial charge in [0.05, 0.1) is 12.0 Å². The topological polar surface area (TPSA) is 48.3 Å². The van der Waals surface area contributed by atoms with Crippen molar-refractivity contribution in [3.8, 4) is 16.9 Å². The Morgan fingerprint density at radius 3 is 2.17 bits per heavy atom. The molecule has 2 aromatic carbocycles. The maximum absolute atomic E-state index is 14.3. The highest BCUT2D eigenvalue weighted by Crippen LogP contribution is 2.26. The Morgan fingerprint density at radius 2 is 1.58 bits per heavy atom. The van der Waals surface area contributed by atoms with E-state index in [2.05, 4.69) is 0 Å². The summed E-state index contributed by atoms with van der Waals surface area (Å²) in [5, 5.41) is 0. The predicted molar refractivity (Wildman–Crippen MR) is 90.1 cm³/mol. The van der Waals surface area contributed by atoms with E-state index in [1.165, 1.54) is 24.4 Å². The van der Waals surface area contributed by atoms with Crippen molar-refractivity contribution in [2.24, 2.45) is 0 Å². The quantitative estimate of drug-likeness (QED) is 0.722. The fraction of sp³-hybridized carbons (Fsp3) is 0.111. The number of ether oxygens (including phenoxy) is 1. The molecule has 3 rings (SSSR count). The summed E-state index contributed by atoms with van der Waals surface area (Å²) in [5.41, 5.74) is 2.11. The van der Waals surface area contributed by atoms with Crippen LogP contribution in [0.15, 0.2) is 65.7 Å². The zero-order valence-electron chi connectivity index (χ0n) is 13.2. The Balaban J connectivity index is 2.03. The summed E-state index contributed by atoms with van der Waals surface area (Å²) in [6, 6.07) is 14.5. The standard InChI is InChI=1S/C18H16FNO3S/c1-13-3-9-17(10-4-13)24(21,22)20-12-15(11-18(20)19)14-5-7-16(23-2)8-6-14/h3-12H,1-2H3.